The van der Waals surface area contributed by atoms with Crippen LogP contribution in [0.15, 0.2) is 0 Å². The van der Waals surface area contributed by atoms with Gasteiger partial charge in [0.05, 0.1) is 0 Å². The second-order valence-corrected chi connectivity index (χ2v) is 6.37. The Morgan fingerprint density at radius 3 is 2.65 bits per heavy atom. The molecule has 1 fully saturated rings. The summed E-state index contributed by atoms with van der Waals surface area (Å²) in [5.41, 5.74) is 5.58. The largest absolute Gasteiger partial charge is 0.480 e. The van der Waals surface area contributed by atoms with Gasteiger partial charge < -0.3 is 10.8 Å². The maximum Gasteiger partial charge on any atom is 0.320 e. The molecule has 2 atom stereocenters. The highest BCUT2D eigenvalue weighted by Crippen LogP contribution is 2.27. The van der Waals surface area contributed by atoms with Gasteiger partial charge in [-0.2, -0.15) is 4.31 Å². The molecule has 1 heterocycles. The molecule has 1 rings (SSSR count). The summed E-state index contributed by atoms with van der Waals surface area (Å²) in [6, 6.07) is -0.252. The van der Waals surface area contributed by atoms with Crippen molar-refractivity contribution in [3.63, 3.8) is 0 Å². The minimum atomic E-state index is -3.72. The van der Waals surface area contributed by atoms with Crippen LogP contribution in [0, 0.1) is 5.92 Å². The second-order valence-electron chi connectivity index (χ2n) is 4.45. The minimum absolute atomic E-state index is 0.245. The molecule has 3 N–H and O–H groups in total. The molecule has 0 aliphatic carbocycles. The highest BCUT2D eigenvalue weighted by Gasteiger charge is 2.35. The molecular weight excluding hydrogens is 244 g/mol. The molecule has 0 saturated carbocycles. The van der Waals surface area contributed by atoms with E-state index in [1.807, 2.05) is 0 Å². The first kappa shape index (κ1) is 14.4. The van der Waals surface area contributed by atoms with Crippen LogP contribution in [0.1, 0.15) is 26.2 Å². The predicted molar refractivity (Wildman–Crippen MR) is 64.0 cm³/mol. The zero-order valence-electron chi connectivity index (χ0n) is 10.0. The molecule has 100 valence electrons. The van der Waals surface area contributed by atoms with E-state index in [4.69, 9.17) is 10.8 Å². The first-order valence-electron chi connectivity index (χ1n) is 5.82. The van der Waals surface area contributed by atoms with Gasteiger partial charge in [0.15, 0.2) is 5.75 Å². The number of rotatable bonds is 5. The number of carboxylic acid groups (broad SMARTS) is 1. The Bertz CT molecular complexity index is 369. The summed E-state index contributed by atoms with van der Waals surface area (Å²) in [7, 11) is -3.72. The Morgan fingerprint density at radius 1 is 1.53 bits per heavy atom. The molecule has 0 spiro atoms. The van der Waals surface area contributed by atoms with Crippen molar-refractivity contribution in [2.24, 2.45) is 11.7 Å². The molecule has 0 bridgehead atoms. The monoisotopic (exact) mass is 264 g/mol. The van der Waals surface area contributed by atoms with Crippen LogP contribution in [-0.4, -0.2) is 48.7 Å². The molecule has 6 nitrogen and oxygen atoms in total. The summed E-state index contributed by atoms with van der Waals surface area (Å²) in [6.07, 6.45) is 2.51. The third-order valence-electron chi connectivity index (χ3n) is 3.28. The van der Waals surface area contributed by atoms with Crippen LogP contribution in [0.4, 0.5) is 0 Å². The van der Waals surface area contributed by atoms with Crippen molar-refractivity contribution in [3.8, 4) is 0 Å². The van der Waals surface area contributed by atoms with Crippen molar-refractivity contribution in [1.29, 1.82) is 0 Å². The van der Waals surface area contributed by atoms with Gasteiger partial charge in [0.1, 0.15) is 0 Å². The molecule has 1 saturated heterocycles. The fraction of sp³-hybridized carbons (Fsp3) is 0.900. The molecule has 7 heteroatoms. The lowest BCUT2D eigenvalue weighted by Gasteiger charge is -2.37. The SMILES string of the molecule is CCC1CCN(S(=O)(=O)CC(=O)O)C(CN)C1. The maximum atomic E-state index is 11.8. The lowest BCUT2D eigenvalue weighted by atomic mass is 9.90. The Hall–Kier alpha value is -0.660. The van der Waals surface area contributed by atoms with Gasteiger partial charge in [0, 0.05) is 19.1 Å². The molecule has 0 aromatic rings. The van der Waals surface area contributed by atoms with E-state index >= 15 is 0 Å². The number of carboxylic acids is 1. The Kier molecular flexibility index (Phi) is 4.91. The molecule has 0 aromatic heterocycles. The number of nitrogens with two attached hydrogens (primary N) is 1. The summed E-state index contributed by atoms with van der Waals surface area (Å²) >= 11 is 0. The van der Waals surface area contributed by atoms with Crippen molar-refractivity contribution in [3.05, 3.63) is 0 Å². The Morgan fingerprint density at radius 2 is 2.18 bits per heavy atom. The maximum absolute atomic E-state index is 11.8. The highest BCUT2D eigenvalue weighted by molar-refractivity contribution is 7.89. The molecule has 2 unspecified atom stereocenters. The van der Waals surface area contributed by atoms with E-state index in [-0.39, 0.29) is 12.6 Å². The third kappa shape index (κ3) is 3.65. The van der Waals surface area contributed by atoms with Gasteiger partial charge in [0.25, 0.3) is 0 Å². The van der Waals surface area contributed by atoms with E-state index in [2.05, 4.69) is 6.92 Å². The number of hydrogen-bond acceptors (Lipinski definition) is 4. The van der Waals surface area contributed by atoms with E-state index < -0.39 is 21.7 Å². The fourth-order valence-corrected chi connectivity index (χ4v) is 3.79. The summed E-state index contributed by atoms with van der Waals surface area (Å²) < 4.78 is 25.0. The van der Waals surface area contributed by atoms with Crippen molar-refractivity contribution in [2.45, 2.75) is 32.2 Å². The topological polar surface area (TPSA) is 101 Å². The summed E-state index contributed by atoms with van der Waals surface area (Å²) in [5, 5.41) is 8.60. The van der Waals surface area contributed by atoms with Crippen LogP contribution in [0.25, 0.3) is 0 Å². The fourth-order valence-electron chi connectivity index (χ4n) is 2.30. The van der Waals surface area contributed by atoms with Gasteiger partial charge >= 0.3 is 5.97 Å². The average molecular weight is 264 g/mol. The van der Waals surface area contributed by atoms with Crippen LogP contribution in [0.2, 0.25) is 0 Å². The van der Waals surface area contributed by atoms with Crippen molar-refractivity contribution < 1.29 is 18.3 Å². The first-order valence-corrected chi connectivity index (χ1v) is 7.43. The Balaban J connectivity index is 2.79. The standard InChI is InChI=1S/C10H20N2O4S/c1-2-8-3-4-12(9(5-8)6-11)17(15,16)7-10(13)14/h8-9H,2-7,11H2,1H3,(H,13,14). The zero-order chi connectivity index (χ0) is 13.1. The average Bonchev–Trinajstić information content (AvgIpc) is 2.26. The van der Waals surface area contributed by atoms with Crippen molar-refractivity contribution >= 4 is 16.0 Å². The Labute approximate surface area is 102 Å². The molecular formula is C10H20N2O4S. The number of piperidine rings is 1. The first-order chi connectivity index (χ1) is 7.90. The highest BCUT2D eigenvalue weighted by atomic mass is 32.2. The second kappa shape index (κ2) is 5.79. The van der Waals surface area contributed by atoms with Gasteiger partial charge in [-0.3, -0.25) is 4.79 Å². The van der Waals surface area contributed by atoms with E-state index in [1.165, 1.54) is 4.31 Å². The van der Waals surface area contributed by atoms with Crippen LogP contribution >= 0.6 is 0 Å². The molecule has 1 aliphatic heterocycles. The van der Waals surface area contributed by atoms with E-state index in [9.17, 15) is 13.2 Å². The molecule has 17 heavy (non-hydrogen) atoms. The lowest BCUT2D eigenvalue weighted by molar-refractivity contribution is -0.134. The van der Waals surface area contributed by atoms with E-state index in [0.717, 1.165) is 19.3 Å². The minimum Gasteiger partial charge on any atom is -0.480 e. The van der Waals surface area contributed by atoms with Gasteiger partial charge in [-0.25, -0.2) is 8.42 Å². The van der Waals surface area contributed by atoms with Crippen molar-refractivity contribution in [1.82, 2.24) is 4.31 Å². The van der Waals surface area contributed by atoms with E-state index in [0.29, 0.717) is 12.5 Å². The van der Waals surface area contributed by atoms with Gasteiger partial charge in [0.2, 0.25) is 10.0 Å². The molecule has 0 amide bonds. The number of carbonyl (C=O) groups is 1. The van der Waals surface area contributed by atoms with Crippen LogP contribution < -0.4 is 5.73 Å². The summed E-state index contributed by atoms with van der Waals surface area (Å²) in [5.74, 6) is -1.68. The lowest BCUT2D eigenvalue weighted by Crippen LogP contribution is -2.50. The number of sulfonamides is 1. The van der Waals surface area contributed by atoms with E-state index in [1.54, 1.807) is 0 Å². The van der Waals surface area contributed by atoms with Crippen molar-refractivity contribution in [2.75, 3.05) is 18.8 Å². The summed E-state index contributed by atoms with van der Waals surface area (Å²) in [6.45, 7) is 2.70. The van der Waals surface area contributed by atoms with Crippen LogP contribution in [-0.2, 0) is 14.8 Å². The molecule has 0 aromatic carbocycles. The number of hydrogen-bond donors (Lipinski definition) is 2. The van der Waals surface area contributed by atoms with Gasteiger partial charge in [-0.05, 0) is 18.8 Å². The number of aliphatic carboxylic acids is 1. The summed E-state index contributed by atoms with van der Waals surface area (Å²) in [4.78, 5) is 10.5. The zero-order valence-corrected chi connectivity index (χ0v) is 10.8. The predicted octanol–water partition coefficient (Wildman–Crippen LogP) is -0.150. The van der Waals surface area contributed by atoms with Crippen LogP contribution in [0.3, 0.4) is 0 Å². The normalized spacial score (nSPS) is 26.9. The molecule has 0 radical (unpaired) electrons. The molecule has 1 aliphatic rings. The number of nitrogens with zero attached hydrogens (tertiary/aromatic N) is 1. The van der Waals surface area contributed by atoms with Crippen LogP contribution in [0.5, 0.6) is 0 Å². The van der Waals surface area contributed by atoms with Gasteiger partial charge in [-0.15, -0.1) is 0 Å². The van der Waals surface area contributed by atoms with Gasteiger partial charge in [-0.1, -0.05) is 13.3 Å². The third-order valence-corrected chi connectivity index (χ3v) is 5.09. The quantitative estimate of drug-likeness (QED) is 0.719. The smallest absolute Gasteiger partial charge is 0.320 e.